The lowest BCUT2D eigenvalue weighted by Gasteiger charge is -2.26. The second kappa shape index (κ2) is 7.85. The maximum atomic E-state index is 12.4. The molecule has 1 N–H and O–H groups in total. The van der Waals surface area contributed by atoms with Gasteiger partial charge in [0.15, 0.2) is 0 Å². The molecule has 1 fully saturated rings. The number of rotatable bonds is 8. The Balaban J connectivity index is 2.57. The summed E-state index contributed by atoms with van der Waals surface area (Å²) in [6, 6.07) is 0.0293. The summed E-state index contributed by atoms with van der Waals surface area (Å²) in [5, 5.41) is 3.49. The predicted molar refractivity (Wildman–Crippen MR) is 80.0 cm³/mol. The van der Waals surface area contributed by atoms with E-state index < -0.39 is 0 Å². The molecule has 0 spiro atoms. The summed E-state index contributed by atoms with van der Waals surface area (Å²) < 4.78 is 0. The van der Waals surface area contributed by atoms with Crippen molar-refractivity contribution in [2.75, 3.05) is 26.2 Å². The predicted octanol–water partition coefficient (Wildman–Crippen LogP) is 1.91. The fourth-order valence-corrected chi connectivity index (χ4v) is 2.78. The molecule has 0 saturated carbocycles. The van der Waals surface area contributed by atoms with Gasteiger partial charge in [0.2, 0.25) is 5.91 Å². The molecule has 19 heavy (non-hydrogen) atoms. The molecule has 1 amide bonds. The van der Waals surface area contributed by atoms with Crippen LogP contribution in [0.3, 0.4) is 0 Å². The van der Waals surface area contributed by atoms with Crippen molar-refractivity contribution in [3.05, 3.63) is 0 Å². The van der Waals surface area contributed by atoms with E-state index in [9.17, 15) is 4.79 Å². The van der Waals surface area contributed by atoms with Gasteiger partial charge in [-0.05, 0) is 31.8 Å². The molecule has 0 bridgehead atoms. The molecule has 0 aliphatic carbocycles. The van der Waals surface area contributed by atoms with Gasteiger partial charge in [0, 0.05) is 13.1 Å². The summed E-state index contributed by atoms with van der Waals surface area (Å²) in [4.78, 5) is 16.9. The van der Waals surface area contributed by atoms with Gasteiger partial charge < -0.3 is 9.80 Å². The quantitative estimate of drug-likeness (QED) is 0.731. The Morgan fingerprint density at radius 3 is 2.37 bits per heavy atom. The van der Waals surface area contributed by atoms with Crippen LogP contribution in [-0.2, 0) is 4.79 Å². The minimum atomic E-state index is 0.0293. The van der Waals surface area contributed by atoms with E-state index in [1.54, 1.807) is 0 Å². The van der Waals surface area contributed by atoms with E-state index in [1.165, 1.54) is 0 Å². The van der Waals surface area contributed by atoms with Crippen molar-refractivity contribution >= 4 is 5.91 Å². The lowest BCUT2D eigenvalue weighted by molar-refractivity contribution is -0.130. The van der Waals surface area contributed by atoms with Gasteiger partial charge >= 0.3 is 0 Å². The summed E-state index contributed by atoms with van der Waals surface area (Å²) >= 11 is 0. The largest absolute Gasteiger partial charge is 0.325 e. The van der Waals surface area contributed by atoms with E-state index in [4.69, 9.17) is 0 Å². The number of carbonyl (C=O) groups is 1. The van der Waals surface area contributed by atoms with Crippen LogP contribution in [-0.4, -0.2) is 54.1 Å². The minimum absolute atomic E-state index is 0.0293. The molecule has 1 aliphatic heterocycles. The minimum Gasteiger partial charge on any atom is -0.325 e. The van der Waals surface area contributed by atoms with Crippen LogP contribution in [0.1, 0.15) is 47.5 Å². The molecule has 0 radical (unpaired) electrons. The molecule has 0 aromatic carbocycles. The second-order valence-corrected chi connectivity index (χ2v) is 5.83. The normalized spacial score (nSPS) is 23.9. The number of carbonyl (C=O) groups excluding carboxylic acids is 1. The van der Waals surface area contributed by atoms with Crippen LogP contribution in [0.25, 0.3) is 0 Å². The first-order chi connectivity index (χ1) is 9.03. The highest BCUT2D eigenvalue weighted by Crippen LogP contribution is 2.18. The van der Waals surface area contributed by atoms with Gasteiger partial charge in [0.25, 0.3) is 0 Å². The molecule has 2 unspecified atom stereocenters. The SMILES string of the molecule is CCC1NC(CC(C)C)C(=O)N1CCN(CC)CC. The van der Waals surface area contributed by atoms with Crippen molar-refractivity contribution in [1.29, 1.82) is 0 Å². The van der Waals surface area contributed by atoms with Crippen molar-refractivity contribution < 1.29 is 4.79 Å². The summed E-state index contributed by atoms with van der Waals surface area (Å²) in [6.45, 7) is 14.8. The lowest BCUT2D eigenvalue weighted by Crippen LogP contribution is -2.42. The molecule has 1 heterocycles. The Hall–Kier alpha value is -0.610. The van der Waals surface area contributed by atoms with Gasteiger partial charge in [-0.25, -0.2) is 0 Å². The number of nitrogens with one attached hydrogen (secondary N) is 1. The molecule has 4 heteroatoms. The van der Waals surface area contributed by atoms with Crippen molar-refractivity contribution in [3.63, 3.8) is 0 Å². The Bertz CT molecular complexity index is 277. The number of likely N-dealkylation sites (N-methyl/N-ethyl adjacent to an activating group) is 1. The van der Waals surface area contributed by atoms with Crippen LogP contribution >= 0.6 is 0 Å². The first-order valence-corrected chi connectivity index (χ1v) is 7.82. The lowest BCUT2D eigenvalue weighted by atomic mass is 10.0. The Kier molecular flexibility index (Phi) is 6.80. The highest BCUT2D eigenvalue weighted by Gasteiger charge is 2.37. The van der Waals surface area contributed by atoms with Crippen molar-refractivity contribution in [1.82, 2.24) is 15.1 Å². The molecule has 1 saturated heterocycles. The van der Waals surface area contributed by atoms with Crippen LogP contribution in [0.4, 0.5) is 0 Å². The number of hydrogen-bond donors (Lipinski definition) is 1. The van der Waals surface area contributed by atoms with E-state index >= 15 is 0 Å². The molecule has 0 aromatic rings. The second-order valence-electron chi connectivity index (χ2n) is 5.83. The summed E-state index contributed by atoms with van der Waals surface area (Å²) in [7, 11) is 0. The Morgan fingerprint density at radius 1 is 1.26 bits per heavy atom. The van der Waals surface area contributed by atoms with E-state index in [2.05, 4.69) is 44.8 Å². The van der Waals surface area contributed by atoms with E-state index in [0.29, 0.717) is 11.8 Å². The van der Waals surface area contributed by atoms with Gasteiger partial charge in [-0.2, -0.15) is 0 Å². The number of nitrogens with zero attached hydrogens (tertiary/aromatic N) is 2. The Morgan fingerprint density at radius 2 is 1.89 bits per heavy atom. The topological polar surface area (TPSA) is 35.6 Å². The maximum absolute atomic E-state index is 12.4. The smallest absolute Gasteiger partial charge is 0.241 e. The molecule has 4 nitrogen and oxygen atoms in total. The average Bonchev–Trinajstić information content (AvgIpc) is 2.67. The number of hydrogen-bond acceptors (Lipinski definition) is 3. The fourth-order valence-electron chi connectivity index (χ4n) is 2.78. The standard InChI is InChI=1S/C15H31N3O/c1-6-14-16-13(11-12(4)5)15(19)18(14)10-9-17(7-2)8-3/h12-14,16H,6-11H2,1-5H3. The third-order valence-corrected chi connectivity index (χ3v) is 4.00. The van der Waals surface area contributed by atoms with Crippen LogP contribution < -0.4 is 5.32 Å². The van der Waals surface area contributed by atoms with Gasteiger partial charge in [0.05, 0.1) is 12.2 Å². The van der Waals surface area contributed by atoms with Crippen molar-refractivity contribution in [3.8, 4) is 0 Å². The zero-order valence-corrected chi connectivity index (χ0v) is 13.3. The molecule has 0 aromatic heterocycles. The van der Waals surface area contributed by atoms with Gasteiger partial charge in [0.1, 0.15) is 0 Å². The van der Waals surface area contributed by atoms with Gasteiger partial charge in [-0.15, -0.1) is 0 Å². The summed E-state index contributed by atoms with van der Waals surface area (Å²) in [5.41, 5.74) is 0. The third kappa shape index (κ3) is 4.46. The third-order valence-electron chi connectivity index (χ3n) is 4.00. The molecular weight excluding hydrogens is 238 g/mol. The van der Waals surface area contributed by atoms with Gasteiger partial charge in [-0.3, -0.25) is 10.1 Å². The van der Waals surface area contributed by atoms with Crippen LogP contribution in [0.2, 0.25) is 0 Å². The highest BCUT2D eigenvalue weighted by molar-refractivity contribution is 5.84. The molecule has 2 atom stereocenters. The Labute approximate surface area is 118 Å². The zero-order chi connectivity index (χ0) is 14.4. The van der Waals surface area contributed by atoms with E-state index in [1.807, 2.05) is 4.90 Å². The van der Waals surface area contributed by atoms with Crippen LogP contribution in [0.15, 0.2) is 0 Å². The molecule has 112 valence electrons. The maximum Gasteiger partial charge on any atom is 0.241 e. The monoisotopic (exact) mass is 269 g/mol. The van der Waals surface area contributed by atoms with Crippen LogP contribution in [0.5, 0.6) is 0 Å². The first-order valence-electron chi connectivity index (χ1n) is 7.82. The zero-order valence-electron chi connectivity index (χ0n) is 13.3. The van der Waals surface area contributed by atoms with E-state index in [0.717, 1.165) is 39.0 Å². The molecule has 1 aliphatic rings. The summed E-state index contributed by atoms with van der Waals surface area (Å²) in [6.07, 6.45) is 2.15. The van der Waals surface area contributed by atoms with Crippen LogP contribution in [0, 0.1) is 5.92 Å². The van der Waals surface area contributed by atoms with Gasteiger partial charge in [-0.1, -0.05) is 34.6 Å². The molecule has 1 rings (SSSR count). The van der Waals surface area contributed by atoms with Crippen molar-refractivity contribution in [2.24, 2.45) is 5.92 Å². The highest BCUT2D eigenvalue weighted by atomic mass is 16.2. The van der Waals surface area contributed by atoms with E-state index in [-0.39, 0.29) is 12.2 Å². The molecular formula is C15H31N3O. The average molecular weight is 269 g/mol. The van der Waals surface area contributed by atoms with Crippen molar-refractivity contribution in [2.45, 2.75) is 59.7 Å². The fraction of sp³-hybridized carbons (Fsp3) is 0.933. The number of amides is 1. The summed E-state index contributed by atoms with van der Waals surface area (Å²) in [5.74, 6) is 0.856. The first kappa shape index (κ1) is 16.4.